The quantitative estimate of drug-likeness (QED) is 0.497. The summed E-state index contributed by atoms with van der Waals surface area (Å²) >= 11 is 0. The number of aliphatic hydroxyl groups is 1. The fourth-order valence-electron chi connectivity index (χ4n) is 0.548. The molecule has 0 saturated carbocycles. The highest BCUT2D eigenvalue weighted by Gasteiger charge is 2.25. The van der Waals surface area contributed by atoms with Crippen LogP contribution < -0.4 is 0 Å². The van der Waals surface area contributed by atoms with Crippen LogP contribution in [0.4, 0.5) is 0 Å². The van der Waals surface area contributed by atoms with Crippen LogP contribution in [0.25, 0.3) is 0 Å². The van der Waals surface area contributed by atoms with Gasteiger partial charge in [0.1, 0.15) is 5.70 Å². The van der Waals surface area contributed by atoms with Gasteiger partial charge in [0.05, 0.1) is 0 Å². The molecule has 0 bridgehead atoms. The van der Waals surface area contributed by atoms with Crippen molar-refractivity contribution in [3.05, 3.63) is 23.8 Å². The van der Waals surface area contributed by atoms with Crippen molar-refractivity contribution < 1.29 is 9.84 Å². The van der Waals surface area contributed by atoms with Gasteiger partial charge in [-0.1, -0.05) is 0 Å². The zero-order valence-electron chi connectivity index (χ0n) is 3.96. The molecule has 0 radical (unpaired) electrons. The maximum atomic E-state index is 8.62. The van der Waals surface area contributed by atoms with E-state index < -0.39 is 0 Å². The van der Waals surface area contributed by atoms with E-state index in [1.54, 1.807) is 6.08 Å². The molecule has 3 heteroatoms. The van der Waals surface area contributed by atoms with Crippen LogP contribution in [0.2, 0.25) is 0 Å². The summed E-state index contributed by atoms with van der Waals surface area (Å²) in [5.41, 5.74) is 0.836. The second kappa shape index (κ2) is 0.940. The predicted octanol–water partition coefficient (Wildman–Crippen LogP) is 0.712. The summed E-state index contributed by atoms with van der Waals surface area (Å²) in [5, 5.41) is 8.62. The Kier molecular flexibility index (Phi) is 0.436. The molecule has 0 spiro atoms. The molecular weight excluding hydrogens is 106 g/mol. The number of hydrogen-bond acceptors (Lipinski definition) is 3. The Balaban J connectivity index is 2.35. The highest BCUT2D eigenvalue weighted by Crippen LogP contribution is 2.23. The van der Waals surface area contributed by atoms with Crippen LogP contribution in [0.15, 0.2) is 28.8 Å². The Morgan fingerprint density at radius 1 is 1.50 bits per heavy atom. The van der Waals surface area contributed by atoms with Crippen molar-refractivity contribution in [2.45, 2.75) is 0 Å². The highest BCUT2D eigenvalue weighted by atomic mass is 16.6. The molecule has 0 aromatic heterocycles. The molecule has 0 fully saturated rings. The van der Waals surface area contributed by atoms with Gasteiger partial charge in [0.25, 0.3) is 5.95 Å². The lowest BCUT2D eigenvalue weighted by Crippen LogP contribution is -1.95. The van der Waals surface area contributed by atoms with Gasteiger partial charge >= 0.3 is 0 Å². The number of hydrogen-bond donors (Lipinski definition) is 1. The number of nitrogens with zero attached hydrogens (tertiary/aromatic N) is 1. The first kappa shape index (κ1) is 3.72. The molecule has 0 aromatic rings. The van der Waals surface area contributed by atoms with E-state index in [4.69, 9.17) is 5.11 Å². The van der Waals surface area contributed by atoms with Crippen LogP contribution >= 0.6 is 0 Å². The van der Waals surface area contributed by atoms with E-state index in [1.165, 1.54) is 6.08 Å². The van der Waals surface area contributed by atoms with Gasteiger partial charge in [-0.3, -0.25) is 0 Å². The van der Waals surface area contributed by atoms with Crippen LogP contribution in [-0.2, 0) is 4.74 Å². The van der Waals surface area contributed by atoms with Crippen molar-refractivity contribution >= 4 is 5.90 Å². The van der Waals surface area contributed by atoms with Crippen LogP contribution in [0.3, 0.4) is 0 Å². The first-order chi connectivity index (χ1) is 3.86. The monoisotopic (exact) mass is 109 g/mol. The minimum absolute atomic E-state index is 0.0787. The molecule has 8 heavy (non-hydrogen) atoms. The maximum absolute atomic E-state index is 8.62. The summed E-state index contributed by atoms with van der Waals surface area (Å²) in [6, 6.07) is 0. The normalized spacial score (nSPS) is 21.8. The minimum atomic E-state index is -0.0787. The zero-order valence-corrected chi connectivity index (χ0v) is 3.96. The van der Waals surface area contributed by atoms with Crippen molar-refractivity contribution in [3.8, 4) is 0 Å². The first-order valence-corrected chi connectivity index (χ1v) is 2.24. The fraction of sp³-hybridized carbons (Fsp3) is 0. The number of allylic oxidation sites excluding steroid dienone is 2. The minimum Gasteiger partial charge on any atom is -0.481 e. The average Bonchev–Trinajstić information content (AvgIpc) is 2.43. The summed E-state index contributed by atoms with van der Waals surface area (Å²) in [6.07, 6.45) is 3.17. The molecular formula is C5H3NO2. The summed E-state index contributed by atoms with van der Waals surface area (Å²) in [6.45, 7) is 0. The van der Waals surface area contributed by atoms with E-state index in [1.807, 2.05) is 0 Å². The molecule has 40 valence electrons. The SMILES string of the molecule is OC1=CC=C2N=C2O1. The largest absolute Gasteiger partial charge is 0.481 e. The van der Waals surface area contributed by atoms with Gasteiger partial charge in [-0.05, 0) is 6.08 Å². The van der Waals surface area contributed by atoms with Gasteiger partial charge in [0.15, 0.2) is 0 Å². The molecule has 0 aromatic carbocycles. The van der Waals surface area contributed by atoms with E-state index in [0.29, 0.717) is 5.90 Å². The van der Waals surface area contributed by atoms with E-state index in [0.717, 1.165) is 5.70 Å². The zero-order chi connectivity index (χ0) is 5.56. The Hall–Kier alpha value is -1.25. The second-order valence-electron chi connectivity index (χ2n) is 1.58. The molecule has 0 aliphatic carbocycles. The van der Waals surface area contributed by atoms with Crippen molar-refractivity contribution in [3.63, 3.8) is 0 Å². The smallest absolute Gasteiger partial charge is 0.283 e. The summed E-state index contributed by atoms with van der Waals surface area (Å²) in [5.74, 6) is 0.468. The van der Waals surface area contributed by atoms with Crippen molar-refractivity contribution in [2.75, 3.05) is 0 Å². The third-order valence-corrected chi connectivity index (χ3v) is 0.976. The number of ether oxygens (including phenoxy) is 1. The van der Waals surface area contributed by atoms with Gasteiger partial charge in [-0.15, -0.1) is 0 Å². The lowest BCUT2D eigenvalue weighted by molar-refractivity contribution is 0.203. The van der Waals surface area contributed by atoms with E-state index >= 15 is 0 Å². The summed E-state index contributed by atoms with van der Waals surface area (Å²) < 4.78 is 4.66. The van der Waals surface area contributed by atoms with Gasteiger partial charge in [0, 0.05) is 6.08 Å². The van der Waals surface area contributed by atoms with Crippen LogP contribution in [-0.4, -0.2) is 11.0 Å². The third-order valence-electron chi connectivity index (χ3n) is 0.976. The second-order valence-corrected chi connectivity index (χ2v) is 1.58. The van der Waals surface area contributed by atoms with Crippen molar-refractivity contribution in [1.82, 2.24) is 0 Å². The lowest BCUT2D eigenvalue weighted by Gasteiger charge is -1.96. The molecule has 0 amide bonds. The molecule has 0 saturated heterocycles. The molecule has 0 atom stereocenters. The first-order valence-electron chi connectivity index (χ1n) is 2.24. The molecule has 1 N–H and O–H groups in total. The van der Waals surface area contributed by atoms with Crippen molar-refractivity contribution in [1.29, 1.82) is 0 Å². The Labute approximate surface area is 45.6 Å². The fourth-order valence-corrected chi connectivity index (χ4v) is 0.548. The molecule has 2 aliphatic heterocycles. The maximum Gasteiger partial charge on any atom is 0.283 e. The summed E-state index contributed by atoms with van der Waals surface area (Å²) in [4.78, 5) is 3.75. The number of rotatable bonds is 0. The highest BCUT2D eigenvalue weighted by molar-refractivity contribution is 6.07. The van der Waals surface area contributed by atoms with E-state index in [-0.39, 0.29) is 5.95 Å². The van der Waals surface area contributed by atoms with Gasteiger partial charge in [-0.25, -0.2) is 4.99 Å². The Morgan fingerprint density at radius 3 is 3.00 bits per heavy atom. The molecule has 0 unspecified atom stereocenters. The number of fused-ring (bicyclic) bond motifs is 1. The molecule has 2 rings (SSSR count). The van der Waals surface area contributed by atoms with E-state index in [2.05, 4.69) is 9.73 Å². The Morgan fingerprint density at radius 2 is 2.38 bits per heavy atom. The number of aliphatic imine (C=N–C) groups is 1. The standard InChI is InChI=1S/C5H3NO2/c7-4-2-1-3-5(6-3)8-4/h1-2,7H. The van der Waals surface area contributed by atoms with Crippen LogP contribution in [0.5, 0.6) is 0 Å². The summed E-state index contributed by atoms with van der Waals surface area (Å²) in [7, 11) is 0. The Bertz CT molecular complexity index is 225. The van der Waals surface area contributed by atoms with Gasteiger partial charge < -0.3 is 9.84 Å². The van der Waals surface area contributed by atoms with Gasteiger partial charge in [-0.2, -0.15) is 0 Å². The molecule has 3 nitrogen and oxygen atoms in total. The van der Waals surface area contributed by atoms with Gasteiger partial charge in [0.2, 0.25) is 5.90 Å². The predicted molar refractivity (Wildman–Crippen MR) is 27.3 cm³/mol. The van der Waals surface area contributed by atoms with Crippen molar-refractivity contribution in [2.24, 2.45) is 4.99 Å². The van der Waals surface area contributed by atoms with Crippen LogP contribution in [0.1, 0.15) is 0 Å². The average molecular weight is 109 g/mol. The third kappa shape index (κ3) is 0.353. The van der Waals surface area contributed by atoms with E-state index in [9.17, 15) is 0 Å². The molecule has 2 heterocycles. The van der Waals surface area contributed by atoms with Crippen LogP contribution in [0, 0.1) is 0 Å². The topological polar surface area (TPSA) is 41.8 Å². The molecule has 2 aliphatic rings. The lowest BCUT2D eigenvalue weighted by atomic mass is 10.4. The number of aliphatic hydroxyl groups excluding tert-OH is 1.